The van der Waals surface area contributed by atoms with Gasteiger partial charge in [-0.05, 0) is 42.3 Å². The van der Waals surface area contributed by atoms with Gasteiger partial charge in [-0.15, -0.1) is 6.58 Å². The molecule has 0 aliphatic rings. The second kappa shape index (κ2) is 10.9. The van der Waals surface area contributed by atoms with Crippen LogP contribution in [0.2, 0.25) is 0 Å². The molecule has 0 unspecified atom stereocenters. The van der Waals surface area contributed by atoms with Crippen LogP contribution in [0.15, 0.2) is 55.1 Å². The molecule has 0 fully saturated rings. The molecule has 0 atom stereocenters. The van der Waals surface area contributed by atoms with Crippen LogP contribution in [0.1, 0.15) is 21.5 Å². The monoisotopic (exact) mass is 384 g/mol. The number of ketones is 1. The zero-order valence-corrected chi connectivity index (χ0v) is 16.0. The summed E-state index contributed by atoms with van der Waals surface area (Å²) in [5, 5.41) is 10.5. The summed E-state index contributed by atoms with van der Waals surface area (Å²) in [6.45, 7) is 3.89. The summed E-state index contributed by atoms with van der Waals surface area (Å²) in [6.07, 6.45) is 5.07. The highest BCUT2D eigenvalue weighted by molar-refractivity contribution is 6.09. The Morgan fingerprint density at radius 3 is 2.36 bits per heavy atom. The van der Waals surface area contributed by atoms with Crippen molar-refractivity contribution in [2.24, 2.45) is 0 Å². The molecule has 2 aromatic carbocycles. The number of hydrogen-bond donors (Lipinski definition) is 1. The summed E-state index contributed by atoms with van der Waals surface area (Å²) in [5.41, 5.74) is 1.51. The highest BCUT2D eigenvalue weighted by Crippen LogP contribution is 2.33. The largest absolute Gasteiger partial charge is 0.507 e. The lowest BCUT2D eigenvalue weighted by atomic mass is 10.0. The number of allylic oxidation sites excluding steroid dienone is 2. The topological polar surface area (TPSA) is 74.2 Å². The summed E-state index contributed by atoms with van der Waals surface area (Å²) < 4.78 is 20.5. The number of phenols is 1. The first kappa shape index (κ1) is 21.2. The molecule has 2 rings (SSSR count). The minimum Gasteiger partial charge on any atom is -0.507 e. The number of carbonyl (C=O) groups is 1. The second-order valence-corrected chi connectivity index (χ2v) is 5.80. The second-order valence-electron chi connectivity index (χ2n) is 5.80. The first-order valence-corrected chi connectivity index (χ1v) is 8.62. The van der Waals surface area contributed by atoms with Gasteiger partial charge in [0.1, 0.15) is 17.2 Å². The van der Waals surface area contributed by atoms with Gasteiger partial charge in [0.25, 0.3) is 0 Å². The molecule has 0 aliphatic carbocycles. The van der Waals surface area contributed by atoms with Crippen molar-refractivity contribution >= 4 is 11.9 Å². The van der Waals surface area contributed by atoms with Crippen LogP contribution in [0.25, 0.3) is 6.08 Å². The smallest absolute Gasteiger partial charge is 0.189 e. The normalized spacial score (nSPS) is 10.8. The lowest BCUT2D eigenvalue weighted by molar-refractivity contribution is 0.0503. The maximum atomic E-state index is 12.5. The number of rotatable bonds is 11. The Kier molecular flexibility index (Phi) is 8.27. The van der Waals surface area contributed by atoms with E-state index in [0.29, 0.717) is 23.5 Å². The maximum Gasteiger partial charge on any atom is 0.189 e. The van der Waals surface area contributed by atoms with Crippen molar-refractivity contribution in [2.45, 2.75) is 6.42 Å². The SMILES string of the molecule is C=CCc1c(OCOC)ccc(C(=O)/C=C/c2ccc(OCOC)cc2)c1O. The zero-order valence-electron chi connectivity index (χ0n) is 16.0. The molecule has 0 spiro atoms. The van der Waals surface area contributed by atoms with Crippen molar-refractivity contribution in [1.82, 2.24) is 0 Å². The summed E-state index contributed by atoms with van der Waals surface area (Å²) >= 11 is 0. The average molecular weight is 384 g/mol. The van der Waals surface area contributed by atoms with Gasteiger partial charge in [-0.3, -0.25) is 4.79 Å². The molecule has 0 bridgehead atoms. The summed E-state index contributed by atoms with van der Waals surface area (Å²) in [5.74, 6) is 0.683. The molecule has 2 aromatic rings. The van der Waals surface area contributed by atoms with E-state index in [1.165, 1.54) is 19.3 Å². The van der Waals surface area contributed by atoms with Crippen molar-refractivity contribution in [3.05, 3.63) is 71.8 Å². The highest BCUT2D eigenvalue weighted by atomic mass is 16.7. The quantitative estimate of drug-likeness (QED) is 0.273. The Morgan fingerprint density at radius 2 is 1.71 bits per heavy atom. The molecule has 148 valence electrons. The molecule has 6 nitrogen and oxygen atoms in total. The van der Waals surface area contributed by atoms with E-state index in [2.05, 4.69) is 6.58 Å². The summed E-state index contributed by atoms with van der Waals surface area (Å²) in [6, 6.07) is 10.4. The van der Waals surface area contributed by atoms with Gasteiger partial charge in [0.15, 0.2) is 19.4 Å². The van der Waals surface area contributed by atoms with E-state index in [1.54, 1.807) is 37.5 Å². The molecule has 1 N–H and O–H groups in total. The number of carbonyl (C=O) groups excluding carboxylic acids is 1. The van der Waals surface area contributed by atoms with Gasteiger partial charge in [-0.25, -0.2) is 0 Å². The van der Waals surface area contributed by atoms with Crippen LogP contribution in [0.4, 0.5) is 0 Å². The number of ether oxygens (including phenoxy) is 4. The van der Waals surface area contributed by atoms with Crippen LogP contribution in [-0.4, -0.2) is 38.7 Å². The molecule has 0 amide bonds. The third kappa shape index (κ3) is 5.70. The van der Waals surface area contributed by atoms with Crippen molar-refractivity contribution in [3.63, 3.8) is 0 Å². The van der Waals surface area contributed by atoms with E-state index in [1.807, 2.05) is 12.1 Å². The van der Waals surface area contributed by atoms with E-state index >= 15 is 0 Å². The molecule has 0 saturated heterocycles. The van der Waals surface area contributed by atoms with E-state index in [4.69, 9.17) is 18.9 Å². The van der Waals surface area contributed by atoms with Gasteiger partial charge in [-0.2, -0.15) is 0 Å². The number of phenolic OH excluding ortho intramolecular Hbond substituents is 1. The molecule has 0 radical (unpaired) electrons. The first-order chi connectivity index (χ1) is 13.6. The van der Waals surface area contributed by atoms with Crippen molar-refractivity contribution in [1.29, 1.82) is 0 Å². The molecule has 0 heterocycles. The van der Waals surface area contributed by atoms with E-state index in [-0.39, 0.29) is 30.7 Å². The van der Waals surface area contributed by atoms with Crippen LogP contribution in [0.5, 0.6) is 17.2 Å². The van der Waals surface area contributed by atoms with Gasteiger partial charge in [0.05, 0.1) is 5.56 Å². The van der Waals surface area contributed by atoms with Crippen LogP contribution in [0, 0.1) is 0 Å². The standard InChI is InChI=1S/C22H24O6/c1-4-5-19-21(28-15-26-3)13-11-18(22(19)24)20(23)12-8-16-6-9-17(10-7-16)27-14-25-2/h4,6-13,24H,1,5,14-15H2,2-3H3/b12-8+. The maximum absolute atomic E-state index is 12.5. The Bertz CT molecular complexity index is 824. The van der Waals surface area contributed by atoms with E-state index in [0.717, 1.165) is 5.56 Å². The Morgan fingerprint density at radius 1 is 1.04 bits per heavy atom. The molecular weight excluding hydrogens is 360 g/mol. The van der Waals surface area contributed by atoms with Gasteiger partial charge in [0, 0.05) is 19.8 Å². The fraction of sp³-hybridized carbons (Fsp3) is 0.227. The fourth-order valence-electron chi connectivity index (χ4n) is 2.48. The molecule has 0 aromatic heterocycles. The van der Waals surface area contributed by atoms with Gasteiger partial charge >= 0.3 is 0 Å². The minimum atomic E-state index is -0.319. The number of aromatic hydroxyl groups is 1. The van der Waals surface area contributed by atoms with Crippen molar-refractivity contribution < 1.29 is 28.8 Å². The van der Waals surface area contributed by atoms with Crippen molar-refractivity contribution in [2.75, 3.05) is 27.8 Å². The molecule has 6 heteroatoms. The van der Waals surface area contributed by atoms with E-state index in [9.17, 15) is 9.90 Å². The number of benzene rings is 2. The molecule has 28 heavy (non-hydrogen) atoms. The molecule has 0 saturated carbocycles. The third-order valence-corrected chi connectivity index (χ3v) is 3.84. The number of methoxy groups -OCH3 is 2. The van der Waals surface area contributed by atoms with Crippen LogP contribution in [0.3, 0.4) is 0 Å². The predicted octanol–water partition coefficient (Wildman–Crippen LogP) is 3.98. The predicted molar refractivity (Wildman–Crippen MR) is 107 cm³/mol. The lowest BCUT2D eigenvalue weighted by Gasteiger charge is -2.13. The third-order valence-electron chi connectivity index (χ3n) is 3.84. The zero-order chi connectivity index (χ0) is 20.4. The summed E-state index contributed by atoms with van der Waals surface area (Å²) in [4.78, 5) is 12.5. The number of hydrogen-bond acceptors (Lipinski definition) is 6. The fourth-order valence-corrected chi connectivity index (χ4v) is 2.48. The van der Waals surface area contributed by atoms with Gasteiger partial charge < -0.3 is 24.1 Å². The van der Waals surface area contributed by atoms with Crippen molar-refractivity contribution in [3.8, 4) is 17.2 Å². The average Bonchev–Trinajstić information content (AvgIpc) is 2.71. The highest BCUT2D eigenvalue weighted by Gasteiger charge is 2.16. The van der Waals surface area contributed by atoms with Crippen LogP contribution in [-0.2, 0) is 15.9 Å². The minimum absolute atomic E-state index is 0.0425. The van der Waals surface area contributed by atoms with Crippen LogP contribution < -0.4 is 9.47 Å². The Balaban J connectivity index is 2.17. The Labute approximate surface area is 164 Å². The van der Waals surface area contributed by atoms with Gasteiger partial charge in [-0.1, -0.05) is 24.3 Å². The van der Waals surface area contributed by atoms with Gasteiger partial charge in [0.2, 0.25) is 0 Å². The first-order valence-electron chi connectivity index (χ1n) is 8.62. The molecule has 0 aliphatic heterocycles. The Hall–Kier alpha value is -3.09. The lowest BCUT2D eigenvalue weighted by Crippen LogP contribution is -2.04. The summed E-state index contributed by atoms with van der Waals surface area (Å²) in [7, 11) is 3.06. The van der Waals surface area contributed by atoms with E-state index < -0.39 is 0 Å². The molecular formula is C22H24O6. The van der Waals surface area contributed by atoms with Crippen LogP contribution >= 0.6 is 0 Å².